The Balaban J connectivity index is 3.79. The van der Waals surface area contributed by atoms with Gasteiger partial charge in [0.05, 0.1) is 13.7 Å². The molecule has 5 heteroatoms. The van der Waals surface area contributed by atoms with E-state index in [4.69, 9.17) is 4.74 Å². The number of carbonyl (C=O) groups excluding carboxylic acids is 2. The molecule has 0 aliphatic heterocycles. The van der Waals surface area contributed by atoms with Crippen LogP contribution in [0.25, 0.3) is 0 Å². The van der Waals surface area contributed by atoms with Crippen LogP contribution in [0, 0.1) is 0 Å². The highest BCUT2D eigenvalue weighted by molar-refractivity contribution is 5.74. The zero-order chi connectivity index (χ0) is 10.1. The molecule has 0 spiro atoms. The summed E-state index contributed by atoms with van der Waals surface area (Å²) in [5.74, 6) is -0.448. The standard InChI is InChI=1S/C8H14O5/c1-3-13-7(8(10)11-2)4-5-12-6-9/h6-7H,3-5H2,1-2H3. The Morgan fingerprint density at radius 3 is 2.69 bits per heavy atom. The number of carbonyl (C=O) groups is 2. The summed E-state index contributed by atoms with van der Waals surface area (Å²) in [6, 6.07) is 0. The van der Waals surface area contributed by atoms with E-state index >= 15 is 0 Å². The van der Waals surface area contributed by atoms with Gasteiger partial charge in [-0.05, 0) is 6.92 Å². The second-order valence-corrected chi connectivity index (χ2v) is 2.22. The van der Waals surface area contributed by atoms with Crippen LogP contribution >= 0.6 is 0 Å². The van der Waals surface area contributed by atoms with Gasteiger partial charge in [0.25, 0.3) is 6.47 Å². The molecular formula is C8H14O5. The minimum atomic E-state index is -0.644. The summed E-state index contributed by atoms with van der Waals surface area (Å²) in [4.78, 5) is 20.8. The highest BCUT2D eigenvalue weighted by atomic mass is 16.6. The molecule has 0 fully saturated rings. The maximum Gasteiger partial charge on any atom is 0.335 e. The third-order valence-corrected chi connectivity index (χ3v) is 1.40. The third-order valence-electron chi connectivity index (χ3n) is 1.40. The Bertz CT molecular complexity index is 157. The molecule has 0 N–H and O–H groups in total. The second-order valence-electron chi connectivity index (χ2n) is 2.22. The fraction of sp³-hybridized carbons (Fsp3) is 0.750. The molecule has 0 amide bonds. The Hall–Kier alpha value is -1.10. The number of hydrogen-bond donors (Lipinski definition) is 0. The van der Waals surface area contributed by atoms with E-state index in [2.05, 4.69) is 9.47 Å². The van der Waals surface area contributed by atoms with Crippen molar-refractivity contribution in [2.45, 2.75) is 19.4 Å². The lowest BCUT2D eigenvalue weighted by Gasteiger charge is -2.13. The minimum Gasteiger partial charge on any atom is -0.468 e. The zero-order valence-corrected chi connectivity index (χ0v) is 7.82. The molecule has 5 nitrogen and oxygen atoms in total. The molecule has 0 saturated heterocycles. The number of hydrogen-bond acceptors (Lipinski definition) is 5. The van der Waals surface area contributed by atoms with Gasteiger partial charge in [-0.25, -0.2) is 4.79 Å². The normalized spacial score (nSPS) is 11.8. The molecule has 0 saturated carbocycles. The lowest BCUT2D eigenvalue weighted by Crippen LogP contribution is -2.27. The Morgan fingerprint density at radius 1 is 1.54 bits per heavy atom. The van der Waals surface area contributed by atoms with Gasteiger partial charge in [0.2, 0.25) is 0 Å². The van der Waals surface area contributed by atoms with Crippen molar-refractivity contribution in [2.75, 3.05) is 20.3 Å². The van der Waals surface area contributed by atoms with Crippen LogP contribution in [-0.2, 0) is 23.8 Å². The first-order valence-electron chi connectivity index (χ1n) is 4.00. The highest BCUT2D eigenvalue weighted by Crippen LogP contribution is 2.01. The quantitative estimate of drug-likeness (QED) is 0.324. The fourth-order valence-corrected chi connectivity index (χ4v) is 0.825. The smallest absolute Gasteiger partial charge is 0.335 e. The van der Waals surface area contributed by atoms with Gasteiger partial charge in [-0.3, -0.25) is 4.79 Å². The van der Waals surface area contributed by atoms with E-state index in [1.807, 2.05) is 0 Å². The summed E-state index contributed by atoms with van der Waals surface area (Å²) in [6.45, 7) is 2.68. The van der Waals surface area contributed by atoms with Gasteiger partial charge in [0.1, 0.15) is 0 Å². The molecule has 0 heterocycles. The maximum absolute atomic E-state index is 11.0. The van der Waals surface area contributed by atoms with Gasteiger partial charge in [-0.15, -0.1) is 0 Å². The predicted octanol–water partition coefficient (Wildman–Crippen LogP) is 0.128. The first-order chi connectivity index (χ1) is 6.26. The molecule has 13 heavy (non-hydrogen) atoms. The molecule has 0 aromatic carbocycles. The van der Waals surface area contributed by atoms with Gasteiger partial charge < -0.3 is 14.2 Å². The Kier molecular flexibility index (Phi) is 6.91. The van der Waals surface area contributed by atoms with Crippen LogP contribution in [0.15, 0.2) is 0 Å². The van der Waals surface area contributed by atoms with Crippen LogP contribution in [0.5, 0.6) is 0 Å². The minimum absolute atomic E-state index is 0.156. The molecule has 1 unspecified atom stereocenters. The first-order valence-corrected chi connectivity index (χ1v) is 4.00. The van der Waals surface area contributed by atoms with Gasteiger partial charge in [-0.1, -0.05) is 0 Å². The monoisotopic (exact) mass is 190 g/mol. The van der Waals surface area contributed by atoms with Crippen molar-refractivity contribution >= 4 is 12.4 Å². The molecule has 76 valence electrons. The van der Waals surface area contributed by atoms with Gasteiger partial charge in [-0.2, -0.15) is 0 Å². The molecule has 0 aliphatic rings. The summed E-state index contributed by atoms with van der Waals surface area (Å²) < 4.78 is 14.0. The van der Waals surface area contributed by atoms with Crippen molar-refractivity contribution in [1.29, 1.82) is 0 Å². The molecule has 0 bridgehead atoms. The average Bonchev–Trinajstić information content (AvgIpc) is 2.16. The number of rotatable bonds is 7. The van der Waals surface area contributed by atoms with Crippen molar-refractivity contribution in [2.24, 2.45) is 0 Å². The Labute approximate surface area is 77.0 Å². The van der Waals surface area contributed by atoms with E-state index in [0.717, 1.165) is 0 Å². The van der Waals surface area contributed by atoms with E-state index < -0.39 is 12.1 Å². The summed E-state index contributed by atoms with van der Waals surface area (Å²) in [5, 5.41) is 0. The van der Waals surface area contributed by atoms with Gasteiger partial charge in [0.15, 0.2) is 6.10 Å². The van der Waals surface area contributed by atoms with Gasteiger partial charge in [0, 0.05) is 13.0 Å². The average molecular weight is 190 g/mol. The van der Waals surface area contributed by atoms with E-state index in [9.17, 15) is 9.59 Å². The second kappa shape index (κ2) is 7.54. The van der Waals surface area contributed by atoms with E-state index in [1.165, 1.54) is 7.11 Å². The number of esters is 1. The number of ether oxygens (including phenoxy) is 3. The summed E-state index contributed by atoms with van der Waals surface area (Å²) in [5.41, 5.74) is 0. The topological polar surface area (TPSA) is 61.8 Å². The molecule has 1 atom stereocenters. The molecule has 0 aliphatic carbocycles. The molecule has 0 radical (unpaired) electrons. The van der Waals surface area contributed by atoms with Gasteiger partial charge >= 0.3 is 5.97 Å². The lowest BCUT2D eigenvalue weighted by atomic mass is 10.2. The number of methoxy groups -OCH3 is 1. The largest absolute Gasteiger partial charge is 0.468 e. The molecule has 0 aromatic rings. The first kappa shape index (κ1) is 11.9. The Morgan fingerprint density at radius 2 is 2.23 bits per heavy atom. The SMILES string of the molecule is CCOC(CCOC=O)C(=O)OC. The lowest BCUT2D eigenvalue weighted by molar-refractivity contribution is -0.155. The molecule has 0 aromatic heterocycles. The third kappa shape index (κ3) is 5.19. The maximum atomic E-state index is 11.0. The zero-order valence-electron chi connectivity index (χ0n) is 7.82. The van der Waals surface area contributed by atoms with Crippen molar-refractivity contribution < 1.29 is 23.8 Å². The van der Waals surface area contributed by atoms with Crippen LogP contribution in [0.3, 0.4) is 0 Å². The summed E-state index contributed by atoms with van der Waals surface area (Å²) in [7, 11) is 1.29. The summed E-state index contributed by atoms with van der Waals surface area (Å²) in [6.07, 6.45) is -0.325. The molecular weight excluding hydrogens is 176 g/mol. The van der Waals surface area contributed by atoms with E-state index in [-0.39, 0.29) is 6.61 Å². The van der Waals surface area contributed by atoms with E-state index in [0.29, 0.717) is 19.5 Å². The van der Waals surface area contributed by atoms with Crippen LogP contribution in [0.4, 0.5) is 0 Å². The van der Waals surface area contributed by atoms with E-state index in [1.54, 1.807) is 6.92 Å². The van der Waals surface area contributed by atoms with Crippen molar-refractivity contribution in [1.82, 2.24) is 0 Å². The predicted molar refractivity (Wildman–Crippen MR) is 44.1 cm³/mol. The summed E-state index contributed by atoms with van der Waals surface area (Å²) >= 11 is 0. The van der Waals surface area contributed by atoms with Crippen LogP contribution in [-0.4, -0.2) is 38.9 Å². The van der Waals surface area contributed by atoms with Crippen LogP contribution < -0.4 is 0 Å². The van der Waals surface area contributed by atoms with Crippen LogP contribution in [0.1, 0.15) is 13.3 Å². The fourth-order valence-electron chi connectivity index (χ4n) is 0.825. The van der Waals surface area contributed by atoms with Crippen molar-refractivity contribution in [3.8, 4) is 0 Å². The van der Waals surface area contributed by atoms with Crippen LogP contribution in [0.2, 0.25) is 0 Å². The van der Waals surface area contributed by atoms with Crippen molar-refractivity contribution in [3.63, 3.8) is 0 Å². The molecule has 0 rings (SSSR count). The highest BCUT2D eigenvalue weighted by Gasteiger charge is 2.18. The van der Waals surface area contributed by atoms with Crippen molar-refractivity contribution in [3.05, 3.63) is 0 Å².